The van der Waals surface area contributed by atoms with Crippen molar-refractivity contribution in [3.63, 3.8) is 0 Å². The molecule has 0 unspecified atom stereocenters. The van der Waals surface area contributed by atoms with Crippen LogP contribution in [0.25, 0.3) is 0 Å². The molecule has 1 aliphatic heterocycles. The van der Waals surface area contributed by atoms with Crippen LogP contribution in [0.3, 0.4) is 0 Å². The smallest absolute Gasteiger partial charge is 0.317 e. The zero-order valence-corrected chi connectivity index (χ0v) is 11.2. The fraction of sp³-hybridized carbons (Fsp3) is 0.308. The van der Waals surface area contributed by atoms with E-state index in [0.717, 1.165) is 5.56 Å². The van der Waals surface area contributed by atoms with Crippen LogP contribution in [-0.2, 0) is 9.63 Å². The van der Waals surface area contributed by atoms with Gasteiger partial charge in [0.1, 0.15) is 11.6 Å². The molecule has 2 rings (SSSR count). The Morgan fingerprint density at radius 1 is 1.15 bits per heavy atom. The highest BCUT2D eigenvalue weighted by Crippen LogP contribution is 2.22. The van der Waals surface area contributed by atoms with Crippen LogP contribution < -0.4 is 16.0 Å². The molecule has 1 heterocycles. The molecule has 2 atom stereocenters. The van der Waals surface area contributed by atoms with E-state index in [1.807, 2.05) is 30.3 Å². The number of amides is 3. The lowest BCUT2D eigenvalue weighted by Gasteiger charge is -2.18. The second-order valence-electron chi connectivity index (χ2n) is 4.18. The predicted octanol–water partition coefficient (Wildman–Crippen LogP) is 0.0382. The Kier molecular flexibility index (Phi) is 4.19. The van der Waals surface area contributed by atoms with Gasteiger partial charge in [0.15, 0.2) is 0 Å². The number of urea groups is 1. The Labute approximate surface area is 116 Å². The van der Waals surface area contributed by atoms with Crippen molar-refractivity contribution in [2.24, 2.45) is 11.1 Å². The fourth-order valence-corrected chi connectivity index (χ4v) is 1.94. The molecule has 106 valence electrons. The van der Waals surface area contributed by atoms with Gasteiger partial charge in [0.05, 0.1) is 0 Å². The van der Waals surface area contributed by atoms with Crippen LogP contribution in [0.1, 0.15) is 5.56 Å². The molecule has 1 aromatic rings. The largest absolute Gasteiger partial charge is 0.369 e. The Hall–Kier alpha value is -2.57. The minimum absolute atomic E-state index is 0.272. The molecule has 0 aliphatic carbocycles. The molecular weight excluding hydrogens is 260 g/mol. The number of nitrogens with one attached hydrogen (secondary N) is 3. The van der Waals surface area contributed by atoms with E-state index in [4.69, 9.17) is 4.84 Å². The van der Waals surface area contributed by atoms with E-state index in [2.05, 4.69) is 21.1 Å². The van der Waals surface area contributed by atoms with Crippen LogP contribution in [-0.4, -0.2) is 38.0 Å². The van der Waals surface area contributed by atoms with Gasteiger partial charge in [-0.25, -0.2) is 4.79 Å². The summed E-state index contributed by atoms with van der Waals surface area (Å²) in [5, 5.41) is 11.5. The Balaban J connectivity index is 2.25. The zero-order valence-electron chi connectivity index (χ0n) is 11.2. The number of rotatable bonds is 3. The third-order valence-corrected chi connectivity index (χ3v) is 2.96. The van der Waals surface area contributed by atoms with E-state index in [1.54, 1.807) is 0 Å². The number of hydrogen-bond acceptors (Lipinski definition) is 4. The topological polar surface area (TPSA) is 91.8 Å². The summed E-state index contributed by atoms with van der Waals surface area (Å²) < 4.78 is 0. The molecule has 0 bridgehead atoms. The van der Waals surface area contributed by atoms with Crippen LogP contribution in [0, 0.1) is 5.92 Å². The third kappa shape index (κ3) is 2.71. The highest BCUT2D eigenvalue weighted by Gasteiger charge is 2.40. The summed E-state index contributed by atoms with van der Waals surface area (Å²) in [6.07, 6.45) is -0.829. The lowest BCUT2D eigenvalue weighted by Crippen LogP contribution is -2.49. The first kappa shape index (κ1) is 13.9. The monoisotopic (exact) mass is 276 g/mol. The molecule has 7 nitrogen and oxygen atoms in total. The van der Waals surface area contributed by atoms with Gasteiger partial charge in [-0.3, -0.25) is 10.1 Å². The van der Waals surface area contributed by atoms with Crippen molar-refractivity contribution in [2.45, 2.75) is 6.23 Å². The zero-order chi connectivity index (χ0) is 14.5. The number of hydrogen-bond donors (Lipinski definition) is 3. The molecule has 20 heavy (non-hydrogen) atoms. The molecule has 3 amide bonds. The molecule has 3 N–H and O–H groups in total. The van der Waals surface area contributed by atoms with Crippen LogP contribution >= 0.6 is 0 Å². The average Bonchev–Trinajstić information content (AvgIpc) is 2.90. The number of carbonyl (C=O) groups is 2. The van der Waals surface area contributed by atoms with E-state index in [1.165, 1.54) is 14.1 Å². The van der Waals surface area contributed by atoms with Gasteiger partial charge < -0.3 is 15.5 Å². The van der Waals surface area contributed by atoms with Gasteiger partial charge in [-0.05, 0) is 0 Å². The van der Waals surface area contributed by atoms with Gasteiger partial charge in [-0.2, -0.15) is 0 Å². The van der Waals surface area contributed by atoms with Crippen LogP contribution in [0.4, 0.5) is 4.79 Å². The van der Waals surface area contributed by atoms with Crippen LogP contribution in [0.15, 0.2) is 35.5 Å². The first-order valence-corrected chi connectivity index (χ1v) is 6.16. The van der Waals surface area contributed by atoms with Crippen molar-refractivity contribution >= 4 is 17.6 Å². The van der Waals surface area contributed by atoms with Gasteiger partial charge in [0.25, 0.3) is 0 Å². The molecule has 0 saturated heterocycles. The SMILES string of the molecule is CNC(=O)N[C@H]1ON=C(c2ccccc2)[C@H]1C(=O)NC. The molecule has 0 fully saturated rings. The van der Waals surface area contributed by atoms with Crippen molar-refractivity contribution in [1.82, 2.24) is 16.0 Å². The van der Waals surface area contributed by atoms with Crippen LogP contribution in [0.5, 0.6) is 0 Å². The summed E-state index contributed by atoms with van der Waals surface area (Å²) >= 11 is 0. The molecule has 0 radical (unpaired) electrons. The van der Waals surface area contributed by atoms with Gasteiger partial charge in [-0.1, -0.05) is 35.5 Å². The standard InChI is InChI=1S/C13H16N4O3/c1-14-11(18)9-10(8-6-4-3-5-7-8)17-20-12(9)16-13(19)15-2/h3-7,9,12H,1-2H3,(H,14,18)(H2,15,16,19)/t9-,12-/m0/s1. The van der Waals surface area contributed by atoms with E-state index in [9.17, 15) is 9.59 Å². The van der Waals surface area contributed by atoms with E-state index in [0.29, 0.717) is 5.71 Å². The minimum atomic E-state index is -0.829. The van der Waals surface area contributed by atoms with Crippen molar-refractivity contribution in [3.05, 3.63) is 35.9 Å². The summed E-state index contributed by atoms with van der Waals surface area (Å²) in [4.78, 5) is 28.6. The number of oxime groups is 1. The molecular formula is C13H16N4O3. The van der Waals surface area contributed by atoms with Gasteiger partial charge in [0.2, 0.25) is 12.1 Å². The van der Waals surface area contributed by atoms with Gasteiger partial charge in [-0.15, -0.1) is 0 Å². The average molecular weight is 276 g/mol. The van der Waals surface area contributed by atoms with Crippen molar-refractivity contribution in [3.8, 4) is 0 Å². The summed E-state index contributed by atoms with van der Waals surface area (Å²) in [5.74, 6) is -0.966. The summed E-state index contributed by atoms with van der Waals surface area (Å²) in [7, 11) is 3.01. The summed E-state index contributed by atoms with van der Waals surface area (Å²) in [5.41, 5.74) is 1.27. The highest BCUT2D eigenvalue weighted by atomic mass is 16.7. The normalized spacial score (nSPS) is 20.6. The van der Waals surface area contributed by atoms with E-state index >= 15 is 0 Å². The highest BCUT2D eigenvalue weighted by molar-refractivity contribution is 6.14. The Morgan fingerprint density at radius 2 is 1.85 bits per heavy atom. The van der Waals surface area contributed by atoms with Crippen molar-refractivity contribution in [2.75, 3.05) is 14.1 Å². The fourth-order valence-electron chi connectivity index (χ4n) is 1.94. The lowest BCUT2D eigenvalue weighted by atomic mass is 9.95. The number of nitrogens with zero attached hydrogens (tertiary/aromatic N) is 1. The third-order valence-electron chi connectivity index (χ3n) is 2.96. The van der Waals surface area contributed by atoms with E-state index < -0.39 is 18.2 Å². The molecule has 0 spiro atoms. The summed E-state index contributed by atoms with van der Waals surface area (Å²) in [6, 6.07) is 8.79. The quantitative estimate of drug-likeness (QED) is 0.727. The molecule has 0 aromatic heterocycles. The first-order chi connectivity index (χ1) is 9.67. The van der Waals surface area contributed by atoms with Crippen molar-refractivity contribution in [1.29, 1.82) is 0 Å². The molecule has 7 heteroatoms. The number of carbonyl (C=O) groups excluding carboxylic acids is 2. The maximum Gasteiger partial charge on any atom is 0.317 e. The minimum Gasteiger partial charge on any atom is -0.369 e. The second-order valence-corrected chi connectivity index (χ2v) is 4.18. The van der Waals surface area contributed by atoms with Crippen LogP contribution in [0.2, 0.25) is 0 Å². The molecule has 0 saturated carbocycles. The second kappa shape index (κ2) is 6.05. The Morgan fingerprint density at radius 3 is 2.45 bits per heavy atom. The first-order valence-electron chi connectivity index (χ1n) is 6.16. The van der Waals surface area contributed by atoms with Gasteiger partial charge in [0, 0.05) is 19.7 Å². The maximum absolute atomic E-state index is 12.0. The maximum atomic E-state index is 12.0. The number of benzene rings is 1. The lowest BCUT2D eigenvalue weighted by molar-refractivity contribution is -0.125. The van der Waals surface area contributed by atoms with E-state index in [-0.39, 0.29) is 5.91 Å². The molecule has 1 aromatic carbocycles. The van der Waals surface area contributed by atoms with Gasteiger partial charge >= 0.3 is 6.03 Å². The Bertz CT molecular complexity index is 530. The molecule has 1 aliphatic rings. The summed E-state index contributed by atoms with van der Waals surface area (Å²) in [6.45, 7) is 0. The predicted molar refractivity (Wildman–Crippen MR) is 73.0 cm³/mol. The van der Waals surface area contributed by atoms with Crippen molar-refractivity contribution < 1.29 is 14.4 Å².